The van der Waals surface area contributed by atoms with Gasteiger partial charge < -0.3 is 10.4 Å². The lowest BCUT2D eigenvalue weighted by Crippen LogP contribution is -2.26. The summed E-state index contributed by atoms with van der Waals surface area (Å²) in [6.45, 7) is 1.08. The van der Waals surface area contributed by atoms with E-state index in [0.29, 0.717) is 11.8 Å². The first-order chi connectivity index (χ1) is 6.77. The fourth-order valence-electron chi connectivity index (χ4n) is 1.92. The molecule has 0 aliphatic carbocycles. The molecule has 0 amide bonds. The molecule has 14 heavy (non-hydrogen) atoms. The number of hydrogen-bond acceptors (Lipinski definition) is 2. The minimum atomic E-state index is 0.343. The van der Waals surface area contributed by atoms with Crippen LogP contribution in [0.1, 0.15) is 30.9 Å². The second-order valence-corrected chi connectivity index (χ2v) is 4.56. The molecule has 1 atom stereocenters. The first-order valence-corrected chi connectivity index (χ1v) is 5.78. The van der Waals surface area contributed by atoms with E-state index < -0.39 is 0 Å². The Labute approximate surface area is 92.5 Å². The Morgan fingerprint density at radius 1 is 1.36 bits per heavy atom. The fraction of sp³-hybridized carbons (Fsp3) is 0.455. The van der Waals surface area contributed by atoms with E-state index in [1.807, 2.05) is 12.1 Å². The molecule has 1 aromatic carbocycles. The number of aromatic hydroxyl groups is 1. The van der Waals surface area contributed by atoms with Gasteiger partial charge in [0.1, 0.15) is 5.75 Å². The van der Waals surface area contributed by atoms with E-state index >= 15 is 0 Å². The van der Waals surface area contributed by atoms with Crippen LogP contribution in [-0.4, -0.2) is 11.7 Å². The lowest BCUT2D eigenvalue weighted by atomic mass is 9.97. The van der Waals surface area contributed by atoms with Crippen molar-refractivity contribution in [3.8, 4) is 5.75 Å². The van der Waals surface area contributed by atoms with Crippen molar-refractivity contribution < 1.29 is 5.11 Å². The van der Waals surface area contributed by atoms with Gasteiger partial charge in [-0.05, 0) is 43.1 Å². The topological polar surface area (TPSA) is 32.3 Å². The van der Waals surface area contributed by atoms with E-state index in [1.165, 1.54) is 18.4 Å². The number of rotatable bonds is 1. The molecule has 3 heteroatoms. The summed E-state index contributed by atoms with van der Waals surface area (Å²) < 4.78 is 1.08. The van der Waals surface area contributed by atoms with Gasteiger partial charge >= 0.3 is 0 Å². The average Bonchev–Trinajstić information content (AvgIpc) is 2.23. The largest absolute Gasteiger partial charge is 0.508 e. The number of benzene rings is 1. The van der Waals surface area contributed by atoms with Crippen LogP contribution in [0.3, 0.4) is 0 Å². The quantitative estimate of drug-likeness (QED) is 0.809. The van der Waals surface area contributed by atoms with Crippen molar-refractivity contribution in [2.75, 3.05) is 6.54 Å². The molecule has 1 aliphatic heterocycles. The van der Waals surface area contributed by atoms with Gasteiger partial charge in [0.25, 0.3) is 0 Å². The van der Waals surface area contributed by atoms with E-state index in [0.717, 1.165) is 17.4 Å². The van der Waals surface area contributed by atoms with E-state index in [1.54, 1.807) is 6.07 Å². The molecule has 1 heterocycles. The van der Waals surface area contributed by atoms with E-state index in [-0.39, 0.29) is 0 Å². The van der Waals surface area contributed by atoms with Crippen molar-refractivity contribution in [3.63, 3.8) is 0 Å². The van der Waals surface area contributed by atoms with Crippen LogP contribution in [0.2, 0.25) is 0 Å². The predicted octanol–water partition coefficient (Wildman–Crippen LogP) is 2.97. The Kier molecular flexibility index (Phi) is 3.08. The van der Waals surface area contributed by atoms with Crippen LogP contribution in [0.4, 0.5) is 0 Å². The standard InChI is InChI=1S/C11H14BrNO/c12-10-5-4-8(14)7-9(10)11-3-1-2-6-13-11/h4-5,7,11,13-14H,1-3,6H2. The van der Waals surface area contributed by atoms with Crippen LogP contribution < -0.4 is 5.32 Å². The van der Waals surface area contributed by atoms with Crippen LogP contribution in [0, 0.1) is 0 Å². The highest BCUT2D eigenvalue weighted by molar-refractivity contribution is 9.10. The summed E-state index contributed by atoms with van der Waals surface area (Å²) in [6.07, 6.45) is 3.68. The Balaban J connectivity index is 2.24. The lowest BCUT2D eigenvalue weighted by molar-refractivity contribution is 0.408. The van der Waals surface area contributed by atoms with Gasteiger partial charge in [0.05, 0.1) is 0 Å². The third kappa shape index (κ3) is 2.10. The van der Waals surface area contributed by atoms with Gasteiger partial charge in [-0.1, -0.05) is 22.4 Å². The van der Waals surface area contributed by atoms with Gasteiger partial charge in [0.15, 0.2) is 0 Å². The summed E-state index contributed by atoms with van der Waals surface area (Å²) in [4.78, 5) is 0. The minimum Gasteiger partial charge on any atom is -0.508 e. The number of piperidine rings is 1. The van der Waals surface area contributed by atoms with Gasteiger partial charge in [-0.3, -0.25) is 0 Å². The number of phenols is 1. The normalized spacial score (nSPS) is 22.2. The van der Waals surface area contributed by atoms with Crippen molar-refractivity contribution in [1.29, 1.82) is 0 Å². The molecule has 0 aromatic heterocycles. The highest BCUT2D eigenvalue weighted by Gasteiger charge is 2.17. The highest BCUT2D eigenvalue weighted by atomic mass is 79.9. The minimum absolute atomic E-state index is 0.343. The average molecular weight is 256 g/mol. The van der Waals surface area contributed by atoms with E-state index in [9.17, 15) is 5.11 Å². The summed E-state index contributed by atoms with van der Waals surface area (Å²) >= 11 is 3.51. The fourth-order valence-corrected chi connectivity index (χ4v) is 2.44. The summed E-state index contributed by atoms with van der Waals surface area (Å²) in [7, 11) is 0. The van der Waals surface area contributed by atoms with Crippen molar-refractivity contribution >= 4 is 15.9 Å². The SMILES string of the molecule is Oc1ccc(Br)c(C2CCCCN2)c1. The van der Waals surface area contributed by atoms with Gasteiger partial charge in [0, 0.05) is 10.5 Å². The van der Waals surface area contributed by atoms with E-state index in [4.69, 9.17) is 0 Å². The van der Waals surface area contributed by atoms with Crippen molar-refractivity contribution in [1.82, 2.24) is 5.32 Å². The molecule has 1 unspecified atom stereocenters. The highest BCUT2D eigenvalue weighted by Crippen LogP contribution is 2.31. The van der Waals surface area contributed by atoms with Gasteiger partial charge in [-0.2, -0.15) is 0 Å². The van der Waals surface area contributed by atoms with Crippen molar-refractivity contribution in [3.05, 3.63) is 28.2 Å². The molecule has 2 N–H and O–H groups in total. The Hall–Kier alpha value is -0.540. The van der Waals surface area contributed by atoms with Gasteiger partial charge in [0.2, 0.25) is 0 Å². The molecule has 1 fully saturated rings. The second-order valence-electron chi connectivity index (χ2n) is 3.71. The lowest BCUT2D eigenvalue weighted by Gasteiger charge is -2.24. The van der Waals surface area contributed by atoms with Gasteiger partial charge in [-0.15, -0.1) is 0 Å². The second kappa shape index (κ2) is 4.32. The number of hydrogen-bond donors (Lipinski definition) is 2. The molecular formula is C11H14BrNO. The third-order valence-electron chi connectivity index (χ3n) is 2.67. The Morgan fingerprint density at radius 2 is 2.21 bits per heavy atom. The van der Waals surface area contributed by atoms with Crippen LogP contribution in [-0.2, 0) is 0 Å². The summed E-state index contributed by atoms with van der Waals surface area (Å²) in [5.74, 6) is 0.343. The maximum Gasteiger partial charge on any atom is 0.115 e. The number of nitrogens with one attached hydrogen (secondary N) is 1. The van der Waals surface area contributed by atoms with Crippen molar-refractivity contribution in [2.45, 2.75) is 25.3 Å². The molecule has 76 valence electrons. The van der Waals surface area contributed by atoms with Crippen LogP contribution >= 0.6 is 15.9 Å². The molecule has 0 spiro atoms. The Bertz CT molecular complexity index is 321. The molecular weight excluding hydrogens is 242 g/mol. The zero-order chi connectivity index (χ0) is 9.97. The molecule has 2 rings (SSSR count). The maximum absolute atomic E-state index is 9.42. The van der Waals surface area contributed by atoms with Crippen molar-refractivity contribution in [2.24, 2.45) is 0 Å². The number of phenolic OH excluding ortho intramolecular Hbond substituents is 1. The number of halogens is 1. The Morgan fingerprint density at radius 3 is 2.93 bits per heavy atom. The molecule has 2 nitrogen and oxygen atoms in total. The van der Waals surface area contributed by atoms with E-state index in [2.05, 4.69) is 21.2 Å². The smallest absolute Gasteiger partial charge is 0.115 e. The summed E-state index contributed by atoms with van der Waals surface area (Å²) in [6, 6.07) is 5.84. The predicted molar refractivity (Wildman–Crippen MR) is 60.4 cm³/mol. The molecule has 1 saturated heterocycles. The van der Waals surface area contributed by atoms with Crippen LogP contribution in [0.15, 0.2) is 22.7 Å². The van der Waals surface area contributed by atoms with Gasteiger partial charge in [-0.25, -0.2) is 0 Å². The molecule has 1 aromatic rings. The molecule has 1 aliphatic rings. The molecule has 0 radical (unpaired) electrons. The first-order valence-electron chi connectivity index (χ1n) is 4.99. The van der Waals surface area contributed by atoms with Crippen LogP contribution in [0.25, 0.3) is 0 Å². The third-order valence-corrected chi connectivity index (χ3v) is 3.39. The summed E-state index contributed by atoms with van der Waals surface area (Å²) in [5, 5.41) is 12.9. The first kappa shape index (κ1) is 9.99. The maximum atomic E-state index is 9.42. The summed E-state index contributed by atoms with van der Waals surface area (Å²) in [5.41, 5.74) is 1.17. The molecule has 0 bridgehead atoms. The molecule has 0 saturated carbocycles. The van der Waals surface area contributed by atoms with Crippen LogP contribution in [0.5, 0.6) is 5.75 Å². The monoisotopic (exact) mass is 255 g/mol. The zero-order valence-corrected chi connectivity index (χ0v) is 9.55. The zero-order valence-electron chi connectivity index (χ0n) is 7.96.